The fourth-order valence-corrected chi connectivity index (χ4v) is 3.35. The fraction of sp³-hybridized carbons (Fsp3) is 0.300. The van der Waals surface area contributed by atoms with Gasteiger partial charge in [0.2, 0.25) is 11.7 Å². The van der Waals surface area contributed by atoms with Gasteiger partial charge in [-0.15, -0.1) is 0 Å². The average Bonchev–Trinajstić information content (AvgIpc) is 3.13. The molecule has 1 aliphatic rings. The van der Waals surface area contributed by atoms with Crippen molar-refractivity contribution in [1.29, 1.82) is 0 Å². The summed E-state index contributed by atoms with van der Waals surface area (Å²) in [5.74, 6) is 2.00. The van der Waals surface area contributed by atoms with E-state index >= 15 is 0 Å². The molecule has 0 radical (unpaired) electrons. The Balaban J connectivity index is 1.59. The number of fused-ring (bicyclic) bond motifs is 1. The molecule has 0 saturated heterocycles. The number of ether oxygens (including phenoxy) is 1. The molecule has 128 valence electrons. The molecular weight excluding hydrogens is 314 g/mol. The van der Waals surface area contributed by atoms with Crippen molar-refractivity contribution in [2.24, 2.45) is 0 Å². The van der Waals surface area contributed by atoms with Crippen LogP contribution in [0.4, 0.5) is 5.69 Å². The lowest BCUT2D eigenvalue weighted by Crippen LogP contribution is -2.36. The molecule has 2 aromatic carbocycles. The highest BCUT2D eigenvalue weighted by atomic mass is 16.5. The summed E-state index contributed by atoms with van der Waals surface area (Å²) in [5, 5.41) is 4.14. The Hall–Kier alpha value is -2.82. The lowest BCUT2D eigenvalue weighted by Gasteiger charge is -2.36. The van der Waals surface area contributed by atoms with Crippen molar-refractivity contribution in [2.75, 3.05) is 12.0 Å². The molecule has 1 aliphatic heterocycles. The number of hydrogen-bond donors (Lipinski definition) is 0. The minimum absolute atomic E-state index is 0.446. The molecule has 0 bridgehead atoms. The quantitative estimate of drug-likeness (QED) is 0.719. The van der Waals surface area contributed by atoms with Crippen LogP contribution in [0.3, 0.4) is 0 Å². The second-order valence-electron chi connectivity index (χ2n) is 6.39. The van der Waals surface area contributed by atoms with Crippen molar-refractivity contribution in [2.45, 2.75) is 32.4 Å². The zero-order valence-corrected chi connectivity index (χ0v) is 14.5. The first-order valence-electron chi connectivity index (χ1n) is 8.56. The van der Waals surface area contributed by atoms with Crippen LogP contribution in [0, 0.1) is 0 Å². The third-order valence-electron chi connectivity index (χ3n) is 4.77. The van der Waals surface area contributed by atoms with E-state index in [1.165, 1.54) is 11.3 Å². The van der Waals surface area contributed by atoms with Crippen LogP contribution in [0.15, 0.2) is 53.1 Å². The summed E-state index contributed by atoms with van der Waals surface area (Å²) in [6, 6.07) is 16.7. The molecule has 5 heteroatoms. The van der Waals surface area contributed by atoms with Gasteiger partial charge < -0.3 is 14.2 Å². The first kappa shape index (κ1) is 15.7. The summed E-state index contributed by atoms with van der Waals surface area (Å²) in [7, 11) is 1.65. The summed E-state index contributed by atoms with van der Waals surface area (Å²) in [5.41, 5.74) is 3.54. The van der Waals surface area contributed by atoms with Crippen LogP contribution in [0.5, 0.6) is 5.75 Å². The van der Waals surface area contributed by atoms with E-state index in [1.54, 1.807) is 7.11 Å². The van der Waals surface area contributed by atoms with E-state index in [-0.39, 0.29) is 0 Å². The highest BCUT2D eigenvalue weighted by molar-refractivity contribution is 5.58. The van der Waals surface area contributed by atoms with E-state index in [2.05, 4.69) is 46.2 Å². The predicted octanol–water partition coefficient (Wildman–Crippen LogP) is 4.09. The van der Waals surface area contributed by atoms with Crippen LogP contribution in [-0.4, -0.2) is 23.3 Å². The minimum Gasteiger partial charge on any atom is -0.497 e. The summed E-state index contributed by atoms with van der Waals surface area (Å²) < 4.78 is 10.8. The zero-order chi connectivity index (χ0) is 17.2. The molecule has 25 heavy (non-hydrogen) atoms. The number of rotatable bonds is 4. The summed E-state index contributed by atoms with van der Waals surface area (Å²) in [4.78, 5) is 6.93. The van der Waals surface area contributed by atoms with Crippen molar-refractivity contribution >= 4 is 5.69 Å². The third-order valence-corrected chi connectivity index (χ3v) is 4.77. The maximum Gasteiger partial charge on any atom is 0.246 e. The lowest BCUT2D eigenvalue weighted by molar-refractivity contribution is 0.369. The molecule has 0 spiro atoms. The van der Waals surface area contributed by atoms with Gasteiger partial charge in [0.1, 0.15) is 5.75 Å². The number of hydrogen-bond acceptors (Lipinski definition) is 5. The molecule has 2 heterocycles. The third kappa shape index (κ3) is 3.09. The molecule has 0 aliphatic carbocycles. The van der Waals surface area contributed by atoms with E-state index < -0.39 is 0 Å². The first-order chi connectivity index (χ1) is 12.2. The van der Waals surface area contributed by atoms with Gasteiger partial charge in [-0.25, -0.2) is 0 Å². The highest BCUT2D eigenvalue weighted by Gasteiger charge is 2.24. The van der Waals surface area contributed by atoms with Crippen LogP contribution in [0.2, 0.25) is 0 Å². The van der Waals surface area contributed by atoms with Crippen LogP contribution in [0.25, 0.3) is 11.4 Å². The van der Waals surface area contributed by atoms with Gasteiger partial charge >= 0.3 is 0 Å². The molecule has 0 saturated carbocycles. The summed E-state index contributed by atoms with van der Waals surface area (Å²) in [6.07, 6.45) is 2.25. The Morgan fingerprint density at radius 1 is 1.20 bits per heavy atom. The molecule has 1 aromatic heterocycles. The standard InChI is InChI=1S/C20H21N3O2/c1-14-10-11-15-6-3-4-9-18(15)23(14)13-19-21-20(22-25-19)16-7-5-8-17(12-16)24-2/h3-9,12,14H,10-11,13H2,1-2H3/t14-/m0/s1. The van der Waals surface area contributed by atoms with E-state index in [9.17, 15) is 0 Å². The highest BCUT2D eigenvalue weighted by Crippen LogP contribution is 2.31. The van der Waals surface area contributed by atoms with Crippen LogP contribution in [-0.2, 0) is 13.0 Å². The Bertz CT molecular complexity index is 875. The lowest BCUT2D eigenvalue weighted by atomic mass is 9.97. The first-order valence-corrected chi connectivity index (χ1v) is 8.56. The number of aryl methyl sites for hydroxylation is 1. The van der Waals surface area contributed by atoms with Crippen molar-refractivity contribution < 1.29 is 9.26 Å². The molecular formula is C20H21N3O2. The van der Waals surface area contributed by atoms with E-state index in [0.717, 1.165) is 24.2 Å². The maximum atomic E-state index is 5.52. The number of para-hydroxylation sites is 1. The van der Waals surface area contributed by atoms with Gasteiger partial charge in [-0.05, 0) is 43.5 Å². The molecule has 0 amide bonds. The molecule has 1 atom stereocenters. The number of benzene rings is 2. The largest absolute Gasteiger partial charge is 0.497 e. The van der Waals surface area contributed by atoms with E-state index in [4.69, 9.17) is 9.26 Å². The van der Waals surface area contributed by atoms with Crippen molar-refractivity contribution in [3.8, 4) is 17.1 Å². The normalized spacial score (nSPS) is 16.6. The fourth-order valence-electron chi connectivity index (χ4n) is 3.35. The molecule has 5 nitrogen and oxygen atoms in total. The van der Waals surface area contributed by atoms with Gasteiger partial charge in [-0.1, -0.05) is 35.5 Å². The summed E-state index contributed by atoms with van der Waals surface area (Å²) >= 11 is 0. The Kier molecular flexibility index (Phi) is 4.14. The van der Waals surface area contributed by atoms with Crippen LogP contribution < -0.4 is 9.64 Å². The smallest absolute Gasteiger partial charge is 0.246 e. The molecule has 3 aromatic rings. The zero-order valence-electron chi connectivity index (χ0n) is 14.5. The Morgan fingerprint density at radius 2 is 2.08 bits per heavy atom. The Labute approximate surface area is 147 Å². The minimum atomic E-state index is 0.446. The molecule has 0 fully saturated rings. The summed E-state index contributed by atoms with van der Waals surface area (Å²) in [6.45, 7) is 2.87. The molecule has 0 unspecified atom stereocenters. The van der Waals surface area contributed by atoms with Gasteiger partial charge in [-0.2, -0.15) is 4.98 Å². The van der Waals surface area contributed by atoms with Gasteiger partial charge in [-0.3, -0.25) is 0 Å². The van der Waals surface area contributed by atoms with Gasteiger partial charge in [0.15, 0.2) is 0 Å². The second-order valence-corrected chi connectivity index (χ2v) is 6.39. The molecule has 0 N–H and O–H groups in total. The number of nitrogens with zero attached hydrogens (tertiary/aromatic N) is 3. The topological polar surface area (TPSA) is 51.4 Å². The van der Waals surface area contributed by atoms with E-state index in [1.807, 2.05) is 24.3 Å². The predicted molar refractivity (Wildman–Crippen MR) is 96.7 cm³/mol. The van der Waals surface area contributed by atoms with Gasteiger partial charge in [0.05, 0.1) is 13.7 Å². The van der Waals surface area contributed by atoms with Crippen molar-refractivity contribution in [3.05, 3.63) is 60.0 Å². The number of methoxy groups -OCH3 is 1. The van der Waals surface area contributed by atoms with Crippen LogP contribution in [0.1, 0.15) is 24.8 Å². The van der Waals surface area contributed by atoms with Gasteiger partial charge in [0, 0.05) is 17.3 Å². The van der Waals surface area contributed by atoms with E-state index in [0.29, 0.717) is 24.3 Å². The average molecular weight is 335 g/mol. The maximum absolute atomic E-state index is 5.52. The molecule has 4 rings (SSSR count). The monoisotopic (exact) mass is 335 g/mol. The second kappa shape index (κ2) is 6.59. The van der Waals surface area contributed by atoms with Gasteiger partial charge in [0.25, 0.3) is 0 Å². The number of aromatic nitrogens is 2. The Morgan fingerprint density at radius 3 is 2.96 bits per heavy atom. The van der Waals surface area contributed by atoms with Crippen molar-refractivity contribution in [1.82, 2.24) is 10.1 Å². The van der Waals surface area contributed by atoms with Crippen molar-refractivity contribution in [3.63, 3.8) is 0 Å². The SMILES string of the molecule is COc1cccc(-c2noc(CN3c4ccccc4CC[C@@H]3C)n2)c1. The van der Waals surface area contributed by atoms with Crippen LogP contribution >= 0.6 is 0 Å². The number of anilines is 1.